The number of hydrogen-bond donors (Lipinski definition) is 4. The van der Waals surface area contributed by atoms with Gasteiger partial charge in [0.2, 0.25) is 0 Å². The van der Waals surface area contributed by atoms with Crippen LogP contribution in [-0.2, 0) is 6.42 Å². The van der Waals surface area contributed by atoms with Crippen LogP contribution >= 0.6 is 0 Å². The first kappa shape index (κ1) is 19.6. The highest BCUT2D eigenvalue weighted by Gasteiger charge is 2.37. The number of guanidine groups is 2. The van der Waals surface area contributed by atoms with Gasteiger partial charge < -0.3 is 14.7 Å². The molecule has 3 heterocycles. The van der Waals surface area contributed by atoms with Crippen molar-refractivity contribution in [3.05, 3.63) is 35.9 Å². The van der Waals surface area contributed by atoms with E-state index in [4.69, 9.17) is 10.8 Å². The predicted molar refractivity (Wildman–Crippen MR) is 110 cm³/mol. The number of piperazine rings is 3. The van der Waals surface area contributed by atoms with Crippen molar-refractivity contribution in [1.29, 1.82) is 10.8 Å². The minimum atomic E-state index is 0.165. The Morgan fingerprint density at radius 1 is 1.07 bits per heavy atom. The molecule has 3 fully saturated rings. The summed E-state index contributed by atoms with van der Waals surface area (Å²) in [5, 5.41) is 21.8. The second kappa shape index (κ2) is 9.19. The van der Waals surface area contributed by atoms with E-state index in [1.165, 1.54) is 55.9 Å². The fourth-order valence-corrected chi connectivity index (χ4v) is 4.17. The predicted octanol–water partition coefficient (Wildman–Crippen LogP) is 0.746. The van der Waals surface area contributed by atoms with Gasteiger partial charge in [-0.1, -0.05) is 30.3 Å². The first-order chi connectivity index (χ1) is 13.1. The summed E-state index contributed by atoms with van der Waals surface area (Å²) in [5.74, 6) is 0.479. The third-order valence-electron chi connectivity index (χ3n) is 6.06. The van der Waals surface area contributed by atoms with Crippen LogP contribution < -0.4 is 10.6 Å². The molecule has 4 N–H and O–H groups in total. The minimum absolute atomic E-state index is 0.165. The van der Waals surface area contributed by atoms with Gasteiger partial charge in [0.05, 0.1) is 26.2 Å². The molecule has 1 aromatic rings. The lowest BCUT2D eigenvalue weighted by atomic mass is 10.1. The Bertz CT molecular complexity index is 609. The van der Waals surface area contributed by atoms with Crippen molar-refractivity contribution in [2.75, 3.05) is 66.0 Å². The van der Waals surface area contributed by atoms with Gasteiger partial charge in [-0.2, -0.15) is 0 Å². The van der Waals surface area contributed by atoms with Gasteiger partial charge in [0.1, 0.15) is 0 Å². The van der Waals surface area contributed by atoms with Gasteiger partial charge >= 0.3 is 0 Å². The SMILES string of the molecule is CNC(=N)NC(=N)N(CCC[N+]12CCN(CC1)CC2)CCc1ccccc1. The summed E-state index contributed by atoms with van der Waals surface area (Å²) in [6.07, 6.45) is 2.00. The van der Waals surface area contributed by atoms with E-state index in [0.717, 1.165) is 25.9 Å². The quantitative estimate of drug-likeness (QED) is 0.324. The third kappa shape index (κ3) is 5.43. The lowest BCUT2D eigenvalue weighted by molar-refractivity contribution is -0.941. The number of fused-ring (bicyclic) bond motifs is 3. The average molecular weight is 373 g/mol. The molecule has 0 unspecified atom stereocenters. The van der Waals surface area contributed by atoms with Gasteiger partial charge in [0.15, 0.2) is 11.9 Å². The van der Waals surface area contributed by atoms with E-state index in [1.54, 1.807) is 7.05 Å². The molecule has 7 heteroatoms. The van der Waals surface area contributed by atoms with Gasteiger partial charge in [-0.05, 0) is 12.0 Å². The zero-order chi connectivity index (χ0) is 19.1. The Balaban J connectivity index is 1.53. The summed E-state index contributed by atoms with van der Waals surface area (Å²) in [5.41, 5.74) is 1.29. The molecule has 148 valence electrons. The first-order valence-corrected chi connectivity index (χ1v) is 10.1. The number of benzene rings is 1. The van der Waals surface area contributed by atoms with E-state index in [1.807, 2.05) is 6.07 Å². The molecule has 3 aliphatic rings. The summed E-state index contributed by atoms with van der Waals surface area (Å²) in [7, 11) is 1.70. The Labute approximate surface area is 162 Å². The molecular weight excluding hydrogens is 338 g/mol. The molecule has 0 spiro atoms. The highest BCUT2D eigenvalue weighted by Crippen LogP contribution is 2.20. The molecule has 4 rings (SSSR count). The highest BCUT2D eigenvalue weighted by molar-refractivity contribution is 5.95. The molecule has 0 radical (unpaired) electrons. The number of nitrogens with zero attached hydrogens (tertiary/aromatic N) is 3. The number of quaternary nitrogens is 1. The molecule has 7 nitrogen and oxygen atoms in total. The lowest BCUT2D eigenvalue weighted by Crippen LogP contribution is -2.67. The van der Waals surface area contributed by atoms with Crippen LogP contribution in [0.4, 0.5) is 0 Å². The van der Waals surface area contributed by atoms with Crippen molar-refractivity contribution in [3.8, 4) is 0 Å². The van der Waals surface area contributed by atoms with Crippen molar-refractivity contribution in [3.63, 3.8) is 0 Å². The molecule has 0 aromatic heterocycles. The van der Waals surface area contributed by atoms with Crippen LogP contribution in [0, 0.1) is 10.8 Å². The molecule has 0 aliphatic carbocycles. The van der Waals surface area contributed by atoms with Crippen molar-refractivity contribution >= 4 is 11.9 Å². The highest BCUT2D eigenvalue weighted by atomic mass is 15.5. The standard InChI is InChI=1S/C20H34N7/c1-23-19(21)24-20(22)26(10-8-18-6-3-2-4-7-18)9-5-14-27-15-11-25(12-16-27)13-17-27/h2-4,6-7H,5,8-17H2,1H3,(H4,21,22,23,24)/q+1. The zero-order valence-corrected chi connectivity index (χ0v) is 16.5. The summed E-state index contributed by atoms with van der Waals surface area (Å²) in [4.78, 5) is 4.66. The minimum Gasteiger partial charge on any atom is -0.359 e. The van der Waals surface area contributed by atoms with Gasteiger partial charge in [-0.3, -0.25) is 21.0 Å². The Morgan fingerprint density at radius 2 is 1.74 bits per heavy atom. The van der Waals surface area contributed by atoms with Crippen molar-refractivity contribution in [1.82, 2.24) is 20.4 Å². The van der Waals surface area contributed by atoms with Gasteiger partial charge in [0, 0.05) is 46.2 Å². The van der Waals surface area contributed by atoms with Gasteiger partial charge in [-0.15, -0.1) is 0 Å². The number of nitrogens with one attached hydrogen (secondary N) is 4. The maximum absolute atomic E-state index is 8.39. The second-order valence-corrected chi connectivity index (χ2v) is 7.75. The summed E-state index contributed by atoms with van der Waals surface area (Å²) >= 11 is 0. The Morgan fingerprint density at radius 3 is 2.37 bits per heavy atom. The average Bonchev–Trinajstić information content (AvgIpc) is 2.72. The summed E-state index contributed by atoms with van der Waals surface area (Å²) in [6.45, 7) is 10.4. The van der Waals surface area contributed by atoms with E-state index < -0.39 is 0 Å². The van der Waals surface area contributed by atoms with E-state index in [-0.39, 0.29) is 5.96 Å². The summed E-state index contributed by atoms with van der Waals surface area (Å²) in [6, 6.07) is 10.4. The first-order valence-electron chi connectivity index (χ1n) is 10.1. The van der Waals surface area contributed by atoms with Crippen LogP contribution in [0.25, 0.3) is 0 Å². The van der Waals surface area contributed by atoms with Gasteiger partial charge in [0.25, 0.3) is 0 Å². The molecule has 2 bridgehead atoms. The fraction of sp³-hybridized carbons (Fsp3) is 0.600. The zero-order valence-electron chi connectivity index (χ0n) is 16.5. The maximum atomic E-state index is 8.39. The smallest absolute Gasteiger partial charge is 0.197 e. The second-order valence-electron chi connectivity index (χ2n) is 7.75. The maximum Gasteiger partial charge on any atom is 0.197 e. The molecular formula is C20H34N7+. The van der Waals surface area contributed by atoms with Gasteiger partial charge in [-0.25, -0.2) is 0 Å². The lowest BCUT2D eigenvalue weighted by Gasteiger charge is -2.50. The third-order valence-corrected chi connectivity index (χ3v) is 6.06. The summed E-state index contributed by atoms with van der Waals surface area (Å²) < 4.78 is 1.26. The Hall–Kier alpha value is -2.12. The van der Waals surface area contributed by atoms with Crippen LogP contribution in [0.15, 0.2) is 30.3 Å². The Kier molecular flexibility index (Phi) is 6.68. The van der Waals surface area contributed by atoms with E-state index in [2.05, 4.69) is 44.7 Å². The number of hydrogen-bond acceptors (Lipinski definition) is 3. The molecule has 0 amide bonds. The van der Waals surface area contributed by atoms with Crippen LogP contribution in [0.5, 0.6) is 0 Å². The monoisotopic (exact) mass is 372 g/mol. The van der Waals surface area contributed by atoms with Crippen molar-refractivity contribution in [2.24, 2.45) is 0 Å². The van der Waals surface area contributed by atoms with E-state index >= 15 is 0 Å². The molecule has 1 aromatic carbocycles. The normalized spacial score (nSPS) is 23.7. The molecule has 27 heavy (non-hydrogen) atoms. The molecule has 3 aliphatic heterocycles. The van der Waals surface area contributed by atoms with Crippen molar-refractivity contribution in [2.45, 2.75) is 12.8 Å². The van der Waals surface area contributed by atoms with E-state index in [9.17, 15) is 0 Å². The van der Waals surface area contributed by atoms with Crippen LogP contribution in [0.2, 0.25) is 0 Å². The van der Waals surface area contributed by atoms with Crippen LogP contribution in [0.3, 0.4) is 0 Å². The fourth-order valence-electron chi connectivity index (χ4n) is 4.17. The molecule has 3 saturated heterocycles. The molecule has 0 atom stereocenters. The molecule has 0 saturated carbocycles. The van der Waals surface area contributed by atoms with Crippen LogP contribution in [-0.4, -0.2) is 92.2 Å². The van der Waals surface area contributed by atoms with Crippen LogP contribution in [0.1, 0.15) is 12.0 Å². The van der Waals surface area contributed by atoms with Crippen molar-refractivity contribution < 1.29 is 4.48 Å². The number of rotatable bonds is 7. The largest absolute Gasteiger partial charge is 0.359 e. The van der Waals surface area contributed by atoms with E-state index in [0.29, 0.717) is 5.96 Å². The topological polar surface area (TPSA) is 78.2 Å².